The van der Waals surface area contributed by atoms with Crippen molar-refractivity contribution in [1.82, 2.24) is 4.90 Å². The summed E-state index contributed by atoms with van der Waals surface area (Å²) in [6, 6.07) is 5.66. The Morgan fingerprint density at radius 1 is 1.35 bits per heavy atom. The minimum atomic E-state index is -1.24. The summed E-state index contributed by atoms with van der Waals surface area (Å²) >= 11 is 5.99. The van der Waals surface area contributed by atoms with Crippen LogP contribution in [0.25, 0.3) is 0 Å². The smallest absolute Gasteiger partial charge is 0.310 e. The molecular formula is C22H25ClN2O6. The van der Waals surface area contributed by atoms with E-state index in [0.29, 0.717) is 23.6 Å². The molecule has 0 saturated carbocycles. The van der Waals surface area contributed by atoms with E-state index in [-0.39, 0.29) is 19.7 Å². The Hall–Kier alpha value is -2.42. The summed E-state index contributed by atoms with van der Waals surface area (Å²) in [7, 11) is 0. The number of carbonyl (C=O) groups excluding carboxylic acids is 2. The zero-order valence-corrected chi connectivity index (χ0v) is 17.9. The second-order valence-corrected chi connectivity index (χ2v) is 8.97. The fourth-order valence-corrected chi connectivity index (χ4v) is 5.78. The molecule has 0 aromatic heterocycles. The molecule has 2 unspecified atom stereocenters. The zero-order chi connectivity index (χ0) is 22.6. The lowest BCUT2D eigenvalue weighted by Crippen LogP contribution is -2.56. The summed E-state index contributed by atoms with van der Waals surface area (Å²) in [6.07, 6.45) is 2.40. The molecule has 31 heavy (non-hydrogen) atoms. The van der Waals surface area contributed by atoms with Gasteiger partial charge in [-0.2, -0.15) is 0 Å². The Morgan fingerprint density at radius 3 is 2.61 bits per heavy atom. The zero-order valence-electron chi connectivity index (χ0n) is 17.2. The van der Waals surface area contributed by atoms with Gasteiger partial charge in [0, 0.05) is 23.8 Å². The molecule has 2 bridgehead atoms. The number of amides is 2. The van der Waals surface area contributed by atoms with Gasteiger partial charge >= 0.3 is 5.97 Å². The molecule has 8 nitrogen and oxygen atoms in total. The van der Waals surface area contributed by atoms with Gasteiger partial charge in [-0.25, -0.2) is 0 Å². The summed E-state index contributed by atoms with van der Waals surface area (Å²) in [4.78, 5) is 42.1. The summed E-state index contributed by atoms with van der Waals surface area (Å²) < 4.78 is 6.29. The van der Waals surface area contributed by atoms with Gasteiger partial charge in [0.05, 0.1) is 24.0 Å². The minimum Gasteiger partial charge on any atom is -0.481 e. The van der Waals surface area contributed by atoms with Gasteiger partial charge in [-0.05, 0) is 44.0 Å². The van der Waals surface area contributed by atoms with E-state index in [4.69, 9.17) is 16.3 Å². The number of carboxylic acids is 1. The maximum atomic E-state index is 13.9. The highest BCUT2D eigenvalue weighted by Crippen LogP contribution is 2.63. The molecule has 9 heteroatoms. The van der Waals surface area contributed by atoms with Gasteiger partial charge in [-0.3, -0.25) is 14.4 Å². The number of fused-ring (bicyclic) bond motifs is 1. The lowest BCUT2D eigenvalue weighted by Gasteiger charge is -2.36. The van der Waals surface area contributed by atoms with Crippen molar-refractivity contribution in [3.05, 3.63) is 41.9 Å². The number of hydrogen-bond acceptors (Lipinski definition) is 5. The molecule has 1 spiro atoms. The number of carboxylic acid groups (broad SMARTS) is 1. The van der Waals surface area contributed by atoms with Crippen LogP contribution < -0.4 is 4.90 Å². The van der Waals surface area contributed by atoms with Crippen LogP contribution in [0.1, 0.15) is 19.8 Å². The largest absolute Gasteiger partial charge is 0.481 e. The Kier molecular flexibility index (Phi) is 5.36. The number of aliphatic carboxylic acids is 1. The topological polar surface area (TPSA) is 107 Å². The number of anilines is 1. The number of carbonyl (C=O) groups is 3. The highest BCUT2D eigenvalue weighted by molar-refractivity contribution is 6.30. The maximum Gasteiger partial charge on any atom is 0.310 e. The first-order valence-corrected chi connectivity index (χ1v) is 10.6. The van der Waals surface area contributed by atoms with E-state index >= 15 is 0 Å². The van der Waals surface area contributed by atoms with E-state index in [1.54, 1.807) is 37.3 Å². The molecule has 1 aromatic rings. The fraction of sp³-hybridized carbons (Fsp3) is 0.500. The molecule has 1 aromatic carbocycles. The van der Waals surface area contributed by atoms with E-state index in [1.165, 1.54) is 9.80 Å². The van der Waals surface area contributed by atoms with Crippen LogP contribution in [0, 0.1) is 11.8 Å². The molecule has 0 aliphatic carbocycles. The maximum absolute atomic E-state index is 13.9. The second kappa shape index (κ2) is 7.62. The molecule has 3 fully saturated rings. The van der Waals surface area contributed by atoms with Crippen molar-refractivity contribution in [2.75, 3.05) is 24.6 Å². The van der Waals surface area contributed by atoms with Crippen molar-refractivity contribution in [2.24, 2.45) is 11.8 Å². The molecule has 2 amide bonds. The van der Waals surface area contributed by atoms with Crippen LogP contribution in [0.15, 0.2) is 36.9 Å². The quantitative estimate of drug-likeness (QED) is 0.615. The van der Waals surface area contributed by atoms with Gasteiger partial charge in [-0.1, -0.05) is 17.7 Å². The number of β-amino-alcohol motifs (C(OH)–C–C–N with tert-alkyl or cyclic N) is 1. The number of likely N-dealkylation sites (tertiary alicyclic amines) is 1. The Labute approximate surface area is 185 Å². The molecule has 0 radical (unpaired) electrons. The van der Waals surface area contributed by atoms with Crippen LogP contribution in [-0.2, 0) is 19.1 Å². The minimum absolute atomic E-state index is 0.0809. The highest BCUT2D eigenvalue weighted by Gasteiger charge is 2.78. The molecule has 166 valence electrons. The van der Waals surface area contributed by atoms with Crippen molar-refractivity contribution >= 4 is 35.1 Å². The number of benzene rings is 1. The Morgan fingerprint density at radius 2 is 2.03 bits per heavy atom. The summed E-state index contributed by atoms with van der Waals surface area (Å²) in [5.41, 5.74) is -1.69. The third-order valence-electron chi connectivity index (χ3n) is 6.83. The van der Waals surface area contributed by atoms with Gasteiger partial charge < -0.3 is 24.7 Å². The van der Waals surface area contributed by atoms with Crippen molar-refractivity contribution < 1.29 is 29.3 Å². The number of rotatable bonds is 7. The molecule has 3 aliphatic heterocycles. The lowest BCUT2D eigenvalue weighted by atomic mass is 9.66. The molecule has 3 heterocycles. The average molecular weight is 449 g/mol. The van der Waals surface area contributed by atoms with Crippen molar-refractivity contribution in [3.8, 4) is 0 Å². The molecular weight excluding hydrogens is 424 g/mol. The van der Waals surface area contributed by atoms with E-state index in [9.17, 15) is 24.6 Å². The van der Waals surface area contributed by atoms with Gasteiger partial charge in [-0.15, -0.1) is 6.58 Å². The summed E-state index contributed by atoms with van der Waals surface area (Å²) in [6.45, 7) is 5.18. The Bertz CT molecular complexity index is 936. The number of aliphatic hydroxyl groups is 1. The SMILES string of the molecule is C=CCN(C(=O)C1N(CCO)C(=O)[C@@H]2[C@@H](C(=O)O)[C@@]3(C)CCC12O3)c1ccc(Cl)cc1. The van der Waals surface area contributed by atoms with Crippen LogP contribution >= 0.6 is 11.6 Å². The second-order valence-electron chi connectivity index (χ2n) is 8.53. The van der Waals surface area contributed by atoms with Crippen LogP contribution in [0.4, 0.5) is 5.69 Å². The number of ether oxygens (including phenoxy) is 1. The van der Waals surface area contributed by atoms with Gasteiger partial charge in [0.15, 0.2) is 0 Å². The molecule has 4 rings (SSSR count). The van der Waals surface area contributed by atoms with Crippen LogP contribution in [0.2, 0.25) is 5.02 Å². The fourth-order valence-electron chi connectivity index (χ4n) is 5.65. The molecule has 3 saturated heterocycles. The van der Waals surface area contributed by atoms with Crippen molar-refractivity contribution in [1.29, 1.82) is 0 Å². The van der Waals surface area contributed by atoms with E-state index in [1.807, 2.05) is 0 Å². The first kappa shape index (κ1) is 21.8. The van der Waals surface area contributed by atoms with Crippen LogP contribution in [-0.4, -0.2) is 69.8 Å². The standard InChI is InChI=1S/C22H25ClN2O6/c1-3-10-24(14-6-4-13(23)5-7-14)19(28)17-22-9-8-21(2,31-22)16(20(29)30)15(22)18(27)25(17)11-12-26/h3-7,15-17,26H,1,8-12H2,2H3,(H,29,30)/t15-,16-,17?,21+,22?/m0/s1. The number of nitrogens with zero attached hydrogens (tertiary/aromatic N) is 2. The average Bonchev–Trinajstić information content (AvgIpc) is 3.28. The van der Waals surface area contributed by atoms with Crippen LogP contribution in [0.3, 0.4) is 0 Å². The van der Waals surface area contributed by atoms with Gasteiger partial charge in [0.2, 0.25) is 5.91 Å². The Balaban J connectivity index is 1.80. The van der Waals surface area contributed by atoms with E-state index in [2.05, 4.69) is 6.58 Å². The summed E-state index contributed by atoms with van der Waals surface area (Å²) in [5.74, 6) is -3.99. The highest BCUT2D eigenvalue weighted by atomic mass is 35.5. The molecule has 5 atom stereocenters. The third-order valence-corrected chi connectivity index (χ3v) is 7.09. The normalized spacial score (nSPS) is 33.5. The van der Waals surface area contributed by atoms with Crippen molar-refractivity contribution in [2.45, 2.75) is 37.0 Å². The van der Waals surface area contributed by atoms with Crippen LogP contribution in [0.5, 0.6) is 0 Å². The lowest BCUT2D eigenvalue weighted by molar-refractivity contribution is -0.154. The van der Waals surface area contributed by atoms with Gasteiger partial charge in [0.25, 0.3) is 5.91 Å². The summed E-state index contributed by atoms with van der Waals surface area (Å²) in [5, 5.41) is 20.0. The predicted molar refractivity (Wildman–Crippen MR) is 113 cm³/mol. The van der Waals surface area contributed by atoms with E-state index < -0.39 is 46.9 Å². The number of aliphatic hydroxyl groups excluding tert-OH is 1. The number of halogens is 1. The molecule has 2 N–H and O–H groups in total. The monoisotopic (exact) mass is 448 g/mol. The van der Waals surface area contributed by atoms with Gasteiger partial charge in [0.1, 0.15) is 11.6 Å². The predicted octanol–water partition coefficient (Wildman–Crippen LogP) is 1.70. The van der Waals surface area contributed by atoms with Crippen molar-refractivity contribution in [3.63, 3.8) is 0 Å². The number of hydrogen-bond donors (Lipinski definition) is 2. The third kappa shape index (κ3) is 3.08. The first-order valence-electron chi connectivity index (χ1n) is 10.2. The first-order chi connectivity index (χ1) is 14.7. The van der Waals surface area contributed by atoms with E-state index in [0.717, 1.165) is 0 Å². The molecule has 3 aliphatic rings.